The Labute approximate surface area is 91.6 Å². The zero-order valence-corrected chi connectivity index (χ0v) is 8.38. The molecule has 0 amide bonds. The van der Waals surface area contributed by atoms with Crippen molar-refractivity contribution in [2.24, 2.45) is 0 Å². The molecule has 0 radical (unpaired) electrons. The molecule has 3 heteroatoms. The summed E-state index contributed by atoms with van der Waals surface area (Å²) >= 11 is 0. The molecule has 0 aliphatic heterocycles. The van der Waals surface area contributed by atoms with Gasteiger partial charge in [-0.2, -0.15) is 0 Å². The van der Waals surface area contributed by atoms with Gasteiger partial charge in [0.2, 0.25) is 0 Å². The molecule has 2 aromatic carbocycles. The SMILES string of the molecule is Oc1ccc2cc3ncccc3cc2c1O. The van der Waals surface area contributed by atoms with Crippen LogP contribution in [0.2, 0.25) is 0 Å². The highest BCUT2D eigenvalue weighted by Gasteiger charge is 2.06. The number of hydrogen-bond donors (Lipinski definition) is 2. The van der Waals surface area contributed by atoms with E-state index in [0.29, 0.717) is 5.39 Å². The average Bonchev–Trinajstić information content (AvgIpc) is 2.32. The Balaban J connectivity index is 2.51. The van der Waals surface area contributed by atoms with Gasteiger partial charge in [-0.25, -0.2) is 0 Å². The molecule has 3 nitrogen and oxygen atoms in total. The summed E-state index contributed by atoms with van der Waals surface area (Å²) in [6.07, 6.45) is 1.73. The lowest BCUT2D eigenvalue weighted by Crippen LogP contribution is -1.80. The van der Waals surface area contributed by atoms with Crippen molar-refractivity contribution in [2.75, 3.05) is 0 Å². The molecule has 1 heterocycles. The number of phenolic OH excluding ortho intramolecular Hbond substituents is 2. The van der Waals surface area contributed by atoms with Crippen molar-refractivity contribution in [3.63, 3.8) is 0 Å². The van der Waals surface area contributed by atoms with Crippen molar-refractivity contribution < 1.29 is 10.2 Å². The van der Waals surface area contributed by atoms with Gasteiger partial charge in [-0.3, -0.25) is 4.98 Å². The molecular formula is C13H9NO2. The van der Waals surface area contributed by atoms with Crippen LogP contribution in [-0.2, 0) is 0 Å². The highest BCUT2D eigenvalue weighted by atomic mass is 16.3. The molecule has 1 aromatic heterocycles. The molecule has 16 heavy (non-hydrogen) atoms. The Hall–Kier alpha value is -2.29. The lowest BCUT2D eigenvalue weighted by atomic mass is 10.1. The molecule has 0 atom stereocenters. The average molecular weight is 211 g/mol. The van der Waals surface area contributed by atoms with Crippen LogP contribution in [-0.4, -0.2) is 15.2 Å². The van der Waals surface area contributed by atoms with E-state index in [9.17, 15) is 10.2 Å². The van der Waals surface area contributed by atoms with E-state index in [1.807, 2.05) is 24.3 Å². The first-order valence-electron chi connectivity index (χ1n) is 4.95. The van der Waals surface area contributed by atoms with Gasteiger partial charge in [-0.1, -0.05) is 12.1 Å². The van der Waals surface area contributed by atoms with Crippen LogP contribution in [0.25, 0.3) is 21.7 Å². The summed E-state index contributed by atoms with van der Waals surface area (Å²) in [5.74, 6) is -0.181. The molecule has 0 saturated carbocycles. The zero-order chi connectivity index (χ0) is 11.1. The minimum Gasteiger partial charge on any atom is -0.504 e. The standard InChI is InChI=1S/C13H9NO2/c15-12-4-3-8-7-11-9(2-1-5-14-11)6-10(8)13(12)16/h1-7,15-16H. The van der Waals surface area contributed by atoms with Crippen LogP contribution in [0.5, 0.6) is 11.5 Å². The van der Waals surface area contributed by atoms with Crippen LogP contribution in [0, 0.1) is 0 Å². The summed E-state index contributed by atoms with van der Waals surface area (Å²) in [7, 11) is 0. The lowest BCUT2D eigenvalue weighted by Gasteiger charge is -2.04. The number of phenols is 2. The summed E-state index contributed by atoms with van der Waals surface area (Å²) in [6, 6.07) is 10.7. The molecule has 2 N–H and O–H groups in total. The second-order valence-corrected chi connectivity index (χ2v) is 3.70. The lowest BCUT2D eigenvalue weighted by molar-refractivity contribution is 0.408. The van der Waals surface area contributed by atoms with E-state index in [1.165, 1.54) is 6.07 Å². The molecule has 78 valence electrons. The molecule has 0 aliphatic carbocycles. The second-order valence-electron chi connectivity index (χ2n) is 3.70. The minimum atomic E-state index is -0.101. The van der Waals surface area contributed by atoms with E-state index in [2.05, 4.69) is 4.98 Å². The first-order valence-corrected chi connectivity index (χ1v) is 4.95. The van der Waals surface area contributed by atoms with Gasteiger partial charge in [-0.05, 0) is 29.7 Å². The summed E-state index contributed by atoms with van der Waals surface area (Å²) in [5, 5.41) is 21.6. The van der Waals surface area contributed by atoms with Crippen molar-refractivity contribution in [1.82, 2.24) is 4.98 Å². The van der Waals surface area contributed by atoms with Crippen LogP contribution < -0.4 is 0 Å². The molecule has 0 fully saturated rings. The molecular weight excluding hydrogens is 202 g/mol. The maximum atomic E-state index is 9.75. The Kier molecular flexibility index (Phi) is 1.74. The third-order valence-electron chi connectivity index (χ3n) is 2.69. The highest BCUT2D eigenvalue weighted by molar-refractivity contribution is 6.00. The molecule has 3 rings (SSSR count). The van der Waals surface area contributed by atoms with E-state index in [-0.39, 0.29) is 11.5 Å². The highest BCUT2D eigenvalue weighted by Crippen LogP contribution is 2.35. The fourth-order valence-electron chi connectivity index (χ4n) is 1.87. The fourth-order valence-corrected chi connectivity index (χ4v) is 1.87. The van der Waals surface area contributed by atoms with Crippen LogP contribution in [0.4, 0.5) is 0 Å². The van der Waals surface area contributed by atoms with Crippen LogP contribution in [0.3, 0.4) is 0 Å². The van der Waals surface area contributed by atoms with Gasteiger partial charge in [0.25, 0.3) is 0 Å². The molecule has 0 aliphatic rings. The minimum absolute atomic E-state index is 0.0803. The molecule has 0 unspecified atom stereocenters. The summed E-state index contributed by atoms with van der Waals surface area (Å²) < 4.78 is 0. The predicted molar refractivity (Wildman–Crippen MR) is 62.6 cm³/mol. The zero-order valence-electron chi connectivity index (χ0n) is 8.38. The first-order chi connectivity index (χ1) is 7.75. The van der Waals surface area contributed by atoms with E-state index in [1.54, 1.807) is 12.3 Å². The second kappa shape index (κ2) is 3.10. The van der Waals surface area contributed by atoms with Crippen molar-refractivity contribution in [1.29, 1.82) is 0 Å². The first kappa shape index (κ1) is 8.97. The van der Waals surface area contributed by atoms with Crippen molar-refractivity contribution in [3.8, 4) is 11.5 Å². The van der Waals surface area contributed by atoms with Crippen molar-refractivity contribution >= 4 is 21.7 Å². The topological polar surface area (TPSA) is 53.4 Å². The fraction of sp³-hybridized carbons (Fsp3) is 0. The van der Waals surface area contributed by atoms with Gasteiger partial charge >= 0.3 is 0 Å². The van der Waals surface area contributed by atoms with Crippen molar-refractivity contribution in [2.45, 2.75) is 0 Å². The van der Waals surface area contributed by atoms with Gasteiger partial charge in [-0.15, -0.1) is 0 Å². The number of aromatic hydroxyl groups is 2. The van der Waals surface area contributed by atoms with Crippen LogP contribution in [0.1, 0.15) is 0 Å². The van der Waals surface area contributed by atoms with Gasteiger partial charge in [0.15, 0.2) is 11.5 Å². The smallest absolute Gasteiger partial charge is 0.165 e. The number of rotatable bonds is 0. The van der Waals surface area contributed by atoms with Gasteiger partial charge < -0.3 is 10.2 Å². The summed E-state index contributed by atoms with van der Waals surface area (Å²) in [6.45, 7) is 0. The summed E-state index contributed by atoms with van der Waals surface area (Å²) in [5.41, 5.74) is 0.875. The normalized spacial score (nSPS) is 11.0. The molecule has 0 saturated heterocycles. The van der Waals surface area contributed by atoms with Crippen molar-refractivity contribution in [3.05, 3.63) is 42.6 Å². The Morgan fingerprint density at radius 2 is 1.81 bits per heavy atom. The number of benzene rings is 2. The largest absolute Gasteiger partial charge is 0.504 e. The third kappa shape index (κ3) is 1.18. The molecule has 3 aromatic rings. The van der Waals surface area contributed by atoms with E-state index >= 15 is 0 Å². The molecule has 0 spiro atoms. The number of aromatic nitrogens is 1. The van der Waals surface area contributed by atoms with E-state index in [4.69, 9.17) is 0 Å². The van der Waals surface area contributed by atoms with Gasteiger partial charge in [0.05, 0.1) is 5.52 Å². The summed E-state index contributed by atoms with van der Waals surface area (Å²) in [4.78, 5) is 4.24. The maximum absolute atomic E-state index is 9.75. The maximum Gasteiger partial charge on any atom is 0.165 e. The van der Waals surface area contributed by atoms with E-state index < -0.39 is 0 Å². The predicted octanol–water partition coefficient (Wildman–Crippen LogP) is 2.80. The van der Waals surface area contributed by atoms with Crippen LogP contribution in [0.15, 0.2) is 42.6 Å². The number of nitrogens with zero attached hydrogens (tertiary/aromatic N) is 1. The van der Waals surface area contributed by atoms with Crippen LogP contribution >= 0.6 is 0 Å². The van der Waals surface area contributed by atoms with E-state index in [0.717, 1.165) is 16.3 Å². The Bertz CT molecular complexity index is 692. The Morgan fingerprint density at radius 1 is 0.938 bits per heavy atom. The number of hydrogen-bond acceptors (Lipinski definition) is 3. The Morgan fingerprint density at radius 3 is 2.69 bits per heavy atom. The monoisotopic (exact) mass is 211 g/mol. The quantitative estimate of drug-likeness (QED) is 0.444. The van der Waals surface area contributed by atoms with Gasteiger partial charge in [0, 0.05) is 17.0 Å². The number of pyridine rings is 1. The third-order valence-corrected chi connectivity index (χ3v) is 2.69. The number of fused-ring (bicyclic) bond motifs is 2. The molecule has 0 bridgehead atoms. The van der Waals surface area contributed by atoms with Gasteiger partial charge in [0.1, 0.15) is 0 Å².